The summed E-state index contributed by atoms with van der Waals surface area (Å²) in [4.78, 5) is 12.0. The van der Waals surface area contributed by atoms with Crippen molar-refractivity contribution in [2.45, 2.75) is 25.9 Å². The van der Waals surface area contributed by atoms with Gasteiger partial charge >= 0.3 is 35.5 Å². The van der Waals surface area contributed by atoms with Gasteiger partial charge in [-0.2, -0.15) is 0 Å². The van der Waals surface area contributed by atoms with Gasteiger partial charge in [0, 0.05) is 12.2 Å². The van der Waals surface area contributed by atoms with Crippen LogP contribution < -0.4 is 39.8 Å². The van der Waals surface area contributed by atoms with E-state index in [2.05, 4.69) is 6.92 Å². The second-order valence-electron chi connectivity index (χ2n) is 5.42. The molecule has 0 saturated carbocycles. The van der Waals surface area contributed by atoms with Gasteiger partial charge in [-0.05, 0) is 12.0 Å². The first-order valence-electron chi connectivity index (χ1n) is 8.15. The number of esters is 1. The average Bonchev–Trinajstić information content (AvgIpc) is 2.85. The van der Waals surface area contributed by atoms with E-state index in [4.69, 9.17) is 14.2 Å². The maximum absolute atomic E-state index is 12.2. The zero-order valence-electron chi connectivity index (χ0n) is 14.8. The number of benzene rings is 1. The number of unbranched alkanes of at least 4 members (excludes halogenated alkanes) is 1. The summed E-state index contributed by atoms with van der Waals surface area (Å²) in [5, 5.41) is 24.3. The van der Waals surface area contributed by atoms with E-state index >= 15 is 0 Å². The molecule has 0 fully saturated rings. The Morgan fingerprint density at radius 3 is 2.40 bits per heavy atom. The molecule has 0 radical (unpaired) electrons. The van der Waals surface area contributed by atoms with E-state index in [1.54, 1.807) is 24.3 Å². The largest absolute Gasteiger partial charge is 1.00 e. The van der Waals surface area contributed by atoms with Crippen molar-refractivity contribution in [3.05, 3.63) is 41.0 Å². The van der Waals surface area contributed by atoms with Crippen molar-refractivity contribution in [2.75, 3.05) is 33.0 Å². The molecule has 0 heterocycles. The van der Waals surface area contributed by atoms with Crippen molar-refractivity contribution in [2.24, 2.45) is 0 Å². The first kappa shape index (κ1) is 22.2. The standard InChI is InChI=1S/C18H23O6.Na/c1-2-3-8-22-9-10-23-11-12-24-18(21)15-16(19)13-6-4-5-7-14(13)17(15)20;/h4-7,16,20H,2-3,8-12H2,1H3;/q-1;+1/p-1. The van der Waals surface area contributed by atoms with E-state index in [0.29, 0.717) is 25.4 Å². The van der Waals surface area contributed by atoms with Crippen LogP contribution in [0, 0.1) is 0 Å². The second-order valence-corrected chi connectivity index (χ2v) is 5.42. The Morgan fingerprint density at radius 1 is 1.08 bits per heavy atom. The van der Waals surface area contributed by atoms with Gasteiger partial charge in [0.2, 0.25) is 0 Å². The van der Waals surface area contributed by atoms with Gasteiger partial charge in [0.1, 0.15) is 6.61 Å². The van der Waals surface area contributed by atoms with E-state index < -0.39 is 17.8 Å². The van der Waals surface area contributed by atoms with Crippen molar-refractivity contribution < 1.29 is 58.8 Å². The summed E-state index contributed by atoms with van der Waals surface area (Å²) in [5.74, 6) is -1.40. The fourth-order valence-corrected chi connectivity index (χ4v) is 2.39. The molecule has 1 aliphatic carbocycles. The Labute approximate surface area is 170 Å². The van der Waals surface area contributed by atoms with Crippen LogP contribution in [0.5, 0.6) is 0 Å². The fourth-order valence-electron chi connectivity index (χ4n) is 2.39. The molecule has 1 atom stereocenters. The molecule has 0 N–H and O–H groups in total. The van der Waals surface area contributed by atoms with Gasteiger partial charge < -0.3 is 24.4 Å². The Hall–Kier alpha value is -0.890. The molecule has 0 amide bonds. The monoisotopic (exact) mass is 357 g/mol. The van der Waals surface area contributed by atoms with E-state index in [1.807, 2.05) is 0 Å². The average molecular weight is 357 g/mol. The molecule has 132 valence electrons. The molecule has 0 aromatic heterocycles. The molecule has 0 bridgehead atoms. The van der Waals surface area contributed by atoms with Crippen LogP contribution in [0.3, 0.4) is 0 Å². The SMILES string of the molecule is CCCCOCCOCCOC(=O)C1=C([O-])c2ccccc2C1[O-].[Na+]. The predicted octanol–water partition coefficient (Wildman–Crippen LogP) is -2.45. The van der Waals surface area contributed by atoms with Crippen LogP contribution in [0.1, 0.15) is 37.0 Å². The van der Waals surface area contributed by atoms with E-state index in [0.717, 1.165) is 12.8 Å². The van der Waals surface area contributed by atoms with Gasteiger partial charge in [-0.15, -0.1) is 0 Å². The number of ether oxygens (including phenoxy) is 3. The van der Waals surface area contributed by atoms with Gasteiger partial charge in [-0.25, -0.2) is 4.79 Å². The second kappa shape index (κ2) is 11.7. The quantitative estimate of drug-likeness (QED) is 0.262. The summed E-state index contributed by atoms with van der Waals surface area (Å²) < 4.78 is 15.6. The van der Waals surface area contributed by atoms with E-state index in [1.165, 1.54) is 0 Å². The van der Waals surface area contributed by atoms with Gasteiger partial charge in [0.25, 0.3) is 0 Å². The number of carbonyl (C=O) groups is 1. The summed E-state index contributed by atoms with van der Waals surface area (Å²) in [6.07, 6.45) is 0.621. The number of hydrogen-bond acceptors (Lipinski definition) is 6. The zero-order chi connectivity index (χ0) is 17.4. The van der Waals surface area contributed by atoms with Crippen LogP contribution in [0.15, 0.2) is 29.8 Å². The Bertz CT molecular complexity index is 587. The van der Waals surface area contributed by atoms with Crippen molar-refractivity contribution in [1.29, 1.82) is 0 Å². The molecule has 2 rings (SSSR count). The minimum absolute atomic E-state index is 0. The minimum Gasteiger partial charge on any atom is -0.872 e. The number of rotatable bonds is 10. The molecule has 1 aromatic rings. The van der Waals surface area contributed by atoms with Crippen LogP contribution in [0.25, 0.3) is 5.76 Å². The molecule has 7 heteroatoms. The first-order valence-corrected chi connectivity index (χ1v) is 8.15. The topological polar surface area (TPSA) is 90.9 Å². The summed E-state index contributed by atoms with van der Waals surface area (Å²) in [5.41, 5.74) is 0.263. The molecule has 0 spiro atoms. The van der Waals surface area contributed by atoms with Gasteiger partial charge in [-0.3, -0.25) is 0 Å². The molecule has 6 nitrogen and oxygen atoms in total. The van der Waals surface area contributed by atoms with Gasteiger partial charge in [0.15, 0.2) is 0 Å². The minimum atomic E-state index is -1.48. The third-order valence-corrected chi connectivity index (χ3v) is 3.69. The van der Waals surface area contributed by atoms with Crippen molar-refractivity contribution >= 4 is 11.7 Å². The van der Waals surface area contributed by atoms with Crippen molar-refractivity contribution in [1.82, 2.24) is 0 Å². The summed E-state index contributed by atoms with van der Waals surface area (Å²) in [6.45, 7) is 3.88. The summed E-state index contributed by atoms with van der Waals surface area (Å²) in [7, 11) is 0. The summed E-state index contributed by atoms with van der Waals surface area (Å²) in [6, 6.07) is 6.44. The first-order chi connectivity index (χ1) is 11.7. The Kier molecular flexibility index (Phi) is 10.3. The van der Waals surface area contributed by atoms with Gasteiger partial charge in [-0.1, -0.05) is 55.0 Å². The number of carbonyl (C=O) groups excluding carboxylic acids is 1. The van der Waals surface area contributed by atoms with Crippen LogP contribution in [0.2, 0.25) is 0 Å². The summed E-state index contributed by atoms with van der Waals surface area (Å²) >= 11 is 0. The molecular weight excluding hydrogens is 335 g/mol. The normalized spacial score (nSPS) is 15.7. The third kappa shape index (κ3) is 6.09. The maximum Gasteiger partial charge on any atom is 1.00 e. The van der Waals surface area contributed by atoms with Crippen LogP contribution in [-0.2, 0) is 19.0 Å². The molecule has 0 saturated heterocycles. The van der Waals surface area contributed by atoms with Gasteiger partial charge in [0.05, 0.1) is 19.8 Å². The molecule has 1 aromatic carbocycles. The van der Waals surface area contributed by atoms with Crippen molar-refractivity contribution in [3.8, 4) is 0 Å². The zero-order valence-corrected chi connectivity index (χ0v) is 16.8. The molecule has 0 aliphatic heterocycles. The van der Waals surface area contributed by atoms with Crippen molar-refractivity contribution in [3.63, 3.8) is 0 Å². The molecule has 1 aliphatic rings. The number of hydrogen-bond donors (Lipinski definition) is 0. The fraction of sp³-hybridized carbons (Fsp3) is 0.500. The third-order valence-electron chi connectivity index (χ3n) is 3.69. The molecular formula is C18H22NaO6-. The van der Waals surface area contributed by atoms with Crippen LogP contribution >= 0.6 is 0 Å². The Balaban J connectivity index is 0.00000312. The Morgan fingerprint density at radius 2 is 1.72 bits per heavy atom. The molecule has 25 heavy (non-hydrogen) atoms. The predicted molar refractivity (Wildman–Crippen MR) is 83.6 cm³/mol. The van der Waals surface area contributed by atoms with Crippen LogP contribution in [0.4, 0.5) is 0 Å². The van der Waals surface area contributed by atoms with Crippen LogP contribution in [-0.4, -0.2) is 39.0 Å². The van der Waals surface area contributed by atoms with E-state index in [9.17, 15) is 15.0 Å². The smallest absolute Gasteiger partial charge is 0.872 e. The molecule has 1 unspecified atom stereocenters. The maximum atomic E-state index is 12.2. The number of fused-ring (bicyclic) bond motifs is 1. The van der Waals surface area contributed by atoms with E-state index in [-0.39, 0.29) is 53.9 Å².